The lowest BCUT2D eigenvalue weighted by atomic mass is 9.97. The van der Waals surface area contributed by atoms with Gasteiger partial charge in [-0.25, -0.2) is 18.6 Å². The largest absolute Gasteiger partial charge is 0.477 e. The number of aromatic nitrogens is 3. The molecule has 1 fully saturated rings. The standard InChI is InChI=1S/C30H30F2N6O4/c1-33-22-12-21(31)26(32)24-17(22)11-23-25(24)27(36(2)3)19(14-34-23)16-10-18-28(39)20(30(40)41)15-38(29(18)35-13-16)5-4-37-6-8-42-9-7-37/h10,12-15,33H,4-9,11H2,1-3H3,(H,40,41). The summed E-state index contributed by atoms with van der Waals surface area (Å²) < 4.78 is 37.1. The maximum absolute atomic E-state index is 15.3. The molecule has 0 unspecified atom stereocenters. The fourth-order valence-electron chi connectivity index (χ4n) is 5.93. The number of morpholine rings is 1. The highest BCUT2D eigenvalue weighted by Gasteiger charge is 2.33. The second-order valence-electron chi connectivity index (χ2n) is 10.7. The van der Waals surface area contributed by atoms with Crippen molar-refractivity contribution in [2.24, 2.45) is 0 Å². The Hall–Kier alpha value is -4.42. The molecule has 1 saturated heterocycles. The molecule has 2 N–H and O–H groups in total. The molecule has 12 heteroatoms. The Labute approximate surface area is 240 Å². The number of fused-ring (bicyclic) bond motifs is 4. The molecule has 1 aliphatic carbocycles. The van der Waals surface area contributed by atoms with E-state index in [0.29, 0.717) is 77.7 Å². The number of aromatic carboxylic acids is 1. The summed E-state index contributed by atoms with van der Waals surface area (Å²) in [6.07, 6.45) is 4.90. The first-order valence-corrected chi connectivity index (χ1v) is 13.6. The van der Waals surface area contributed by atoms with Crippen LogP contribution in [0.2, 0.25) is 0 Å². The zero-order valence-corrected chi connectivity index (χ0v) is 23.5. The molecule has 4 heterocycles. The molecule has 10 nitrogen and oxygen atoms in total. The first kappa shape index (κ1) is 27.7. The van der Waals surface area contributed by atoms with Gasteiger partial charge in [0.2, 0.25) is 5.43 Å². The van der Waals surface area contributed by atoms with E-state index in [1.54, 1.807) is 49.1 Å². The van der Waals surface area contributed by atoms with Gasteiger partial charge in [0.25, 0.3) is 0 Å². The minimum atomic E-state index is -1.32. The van der Waals surface area contributed by atoms with Crippen LogP contribution in [0.15, 0.2) is 35.5 Å². The molecule has 3 aromatic heterocycles. The van der Waals surface area contributed by atoms with Crippen molar-refractivity contribution in [3.63, 3.8) is 0 Å². The molecule has 6 rings (SSSR count). The predicted octanol–water partition coefficient (Wildman–Crippen LogP) is 3.45. The van der Waals surface area contributed by atoms with Crippen LogP contribution in [0.4, 0.5) is 20.2 Å². The van der Waals surface area contributed by atoms with Crippen LogP contribution in [0.1, 0.15) is 21.6 Å². The summed E-state index contributed by atoms with van der Waals surface area (Å²) in [5, 5.41) is 12.9. The van der Waals surface area contributed by atoms with E-state index in [1.807, 2.05) is 0 Å². The number of ether oxygens (including phenoxy) is 1. The number of halogens is 2. The number of carboxylic acid groups (broad SMARTS) is 1. The van der Waals surface area contributed by atoms with Crippen LogP contribution < -0.4 is 15.6 Å². The zero-order valence-electron chi connectivity index (χ0n) is 23.5. The van der Waals surface area contributed by atoms with E-state index in [1.165, 1.54) is 6.20 Å². The molecule has 218 valence electrons. The van der Waals surface area contributed by atoms with Gasteiger partial charge in [-0.2, -0.15) is 0 Å². The average molecular weight is 577 g/mol. The lowest BCUT2D eigenvalue weighted by Crippen LogP contribution is -2.38. The Bertz CT molecular complexity index is 1800. The Morgan fingerprint density at radius 1 is 1.12 bits per heavy atom. The van der Waals surface area contributed by atoms with Gasteiger partial charge >= 0.3 is 5.97 Å². The fraction of sp³-hybridized carbons (Fsp3) is 0.333. The van der Waals surface area contributed by atoms with Gasteiger partial charge in [0.15, 0.2) is 11.6 Å². The maximum Gasteiger partial charge on any atom is 0.341 e. The molecule has 0 radical (unpaired) electrons. The van der Waals surface area contributed by atoms with Crippen LogP contribution in [-0.2, 0) is 17.7 Å². The summed E-state index contributed by atoms with van der Waals surface area (Å²) in [4.78, 5) is 38.6. The highest BCUT2D eigenvalue weighted by Crippen LogP contribution is 2.49. The van der Waals surface area contributed by atoms with E-state index in [0.717, 1.165) is 19.2 Å². The van der Waals surface area contributed by atoms with E-state index in [-0.39, 0.29) is 16.5 Å². The highest BCUT2D eigenvalue weighted by atomic mass is 19.2. The van der Waals surface area contributed by atoms with Crippen molar-refractivity contribution in [2.75, 3.05) is 64.2 Å². The Balaban J connectivity index is 1.52. The fourth-order valence-corrected chi connectivity index (χ4v) is 5.93. The summed E-state index contributed by atoms with van der Waals surface area (Å²) >= 11 is 0. The summed E-state index contributed by atoms with van der Waals surface area (Å²) in [7, 11) is 5.24. The number of carboxylic acids is 1. The van der Waals surface area contributed by atoms with Crippen LogP contribution in [0.25, 0.3) is 33.3 Å². The number of anilines is 2. The Kier molecular flexibility index (Phi) is 7.11. The number of hydrogen-bond acceptors (Lipinski definition) is 8. The van der Waals surface area contributed by atoms with E-state index in [9.17, 15) is 19.1 Å². The van der Waals surface area contributed by atoms with Gasteiger partial charge in [-0.15, -0.1) is 0 Å². The number of carbonyl (C=O) groups is 1. The van der Waals surface area contributed by atoms with Crippen molar-refractivity contribution >= 4 is 28.4 Å². The molecule has 42 heavy (non-hydrogen) atoms. The first-order chi connectivity index (χ1) is 20.2. The van der Waals surface area contributed by atoms with Crippen molar-refractivity contribution in [1.29, 1.82) is 0 Å². The van der Waals surface area contributed by atoms with Crippen LogP contribution in [0.3, 0.4) is 0 Å². The van der Waals surface area contributed by atoms with Gasteiger partial charge in [-0.3, -0.25) is 14.7 Å². The molecule has 0 saturated carbocycles. The van der Waals surface area contributed by atoms with Crippen molar-refractivity contribution in [2.45, 2.75) is 13.0 Å². The summed E-state index contributed by atoms with van der Waals surface area (Å²) in [5.74, 6) is -3.24. The number of benzene rings is 1. The molecule has 0 spiro atoms. The molecule has 0 amide bonds. The third-order valence-electron chi connectivity index (χ3n) is 7.98. The SMILES string of the molecule is CNc1cc(F)c(F)c2c1Cc1ncc(-c3cnc4c(c3)c(=O)c(C(=O)O)cn4CCN3CCOCC3)c(N(C)C)c1-2. The average Bonchev–Trinajstić information content (AvgIpc) is 3.38. The van der Waals surface area contributed by atoms with Crippen LogP contribution in [-0.4, -0.2) is 84.5 Å². The lowest BCUT2D eigenvalue weighted by molar-refractivity contribution is 0.0365. The van der Waals surface area contributed by atoms with Crippen molar-refractivity contribution in [3.8, 4) is 22.3 Å². The first-order valence-electron chi connectivity index (χ1n) is 13.6. The monoisotopic (exact) mass is 576 g/mol. The molecule has 0 atom stereocenters. The van der Waals surface area contributed by atoms with E-state index in [2.05, 4.69) is 20.2 Å². The van der Waals surface area contributed by atoms with E-state index < -0.39 is 23.0 Å². The molecule has 0 bridgehead atoms. The Morgan fingerprint density at radius 3 is 2.57 bits per heavy atom. The van der Waals surface area contributed by atoms with Crippen molar-refractivity contribution < 1.29 is 23.4 Å². The van der Waals surface area contributed by atoms with Crippen molar-refractivity contribution in [1.82, 2.24) is 19.4 Å². The summed E-state index contributed by atoms with van der Waals surface area (Å²) in [6, 6.07) is 2.75. The van der Waals surface area contributed by atoms with Crippen LogP contribution in [0, 0.1) is 11.6 Å². The summed E-state index contributed by atoms with van der Waals surface area (Å²) in [5.41, 5.74) is 3.34. The molecular formula is C30H30F2N6O4. The molecule has 1 aromatic carbocycles. The minimum Gasteiger partial charge on any atom is -0.477 e. The van der Waals surface area contributed by atoms with Gasteiger partial charge in [-0.05, 0) is 11.6 Å². The predicted molar refractivity (Wildman–Crippen MR) is 155 cm³/mol. The van der Waals surface area contributed by atoms with Crippen LogP contribution >= 0.6 is 0 Å². The molecule has 1 aliphatic heterocycles. The zero-order chi connectivity index (χ0) is 29.7. The van der Waals surface area contributed by atoms with Crippen LogP contribution in [0.5, 0.6) is 0 Å². The minimum absolute atomic E-state index is 0.148. The third-order valence-corrected chi connectivity index (χ3v) is 7.98. The van der Waals surface area contributed by atoms with Gasteiger partial charge in [0.1, 0.15) is 11.2 Å². The second-order valence-corrected chi connectivity index (χ2v) is 10.7. The highest BCUT2D eigenvalue weighted by molar-refractivity contribution is 5.98. The molecule has 4 aromatic rings. The quantitative estimate of drug-likeness (QED) is 0.301. The number of pyridine rings is 3. The van der Waals surface area contributed by atoms with E-state index in [4.69, 9.17) is 4.74 Å². The van der Waals surface area contributed by atoms with Gasteiger partial charge in [0.05, 0.1) is 30.0 Å². The number of nitrogens with zero attached hydrogens (tertiary/aromatic N) is 5. The van der Waals surface area contributed by atoms with E-state index >= 15 is 4.39 Å². The topological polar surface area (TPSA) is 113 Å². The smallest absolute Gasteiger partial charge is 0.341 e. The number of rotatable bonds is 7. The summed E-state index contributed by atoms with van der Waals surface area (Å²) in [6.45, 7) is 3.87. The van der Waals surface area contributed by atoms with Gasteiger partial charge in [0, 0.05) is 106 Å². The van der Waals surface area contributed by atoms with Gasteiger partial charge in [-0.1, -0.05) is 0 Å². The maximum atomic E-state index is 15.3. The third kappa shape index (κ3) is 4.56. The van der Waals surface area contributed by atoms with Crippen molar-refractivity contribution in [3.05, 3.63) is 69.4 Å². The normalized spacial score (nSPS) is 14.6. The second kappa shape index (κ2) is 10.8. The number of nitrogens with one attached hydrogen (secondary N) is 1. The Morgan fingerprint density at radius 2 is 1.88 bits per heavy atom. The van der Waals surface area contributed by atoms with Gasteiger partial charge < -0.3 is 24.6 Å². The number of hydrogen-bond donors (Lipinski definition) is 2. The molecular weight excluding hydrogens is 546 g/mol. The lowest BCUT2D eigenvalue weighted by Gasteiger charge is -2.27. The molecule has 2 aliphatic rings.